The lowest BCUT2D eigenvalue weighted by Crippen LogP contribution is -1.98. The first-order valence-electron chi connectivity index (χ1n) is 7.20. The van der Waals surface area contributed by atoms with Gasteiger partial charge in [-0.2, -0.15) is 5.26 Å². The Kier molecular flexibility index (Phi) is 5.36. The van der Waals surface area contributed by atoms with Crippen LogP contribution in [0.3, 0.4) is 0 Å². The van der Waals surface area contributed by atoms with E-state index in [-0.39, 0.29) is 0 Å². The van der Waals surface area contributed by atoms with E-state index in [4.69, 9.17) is 5.26 Å². The summed E-state index contributed by atoms with van der Waals surface area (Å²) in [6.07, 6.45) is 1.96. The summed E-state index contributed by atoms with van der Waals surface area (Å²) in [6, 6.07) is 19.7. The molecule has 4 nitrogen and oxygen atoms in total. The first kappa shape index (κ1) is 16.4. The Labute approximate surface area is 149 Å². The molecule has 2 aromatic carbocycles. The molecule has 3 aromatic rings. The van der Waals surface area contributed by atoms with Crippen molar-refractivity contribution < 1.29 is 0 Å². The van der Waals surface area contributed by atoms with Gasteiger partial charge >= 0.3 is 0 Å². The number of hydrogen-bond donors (Lipinski definition) is 1. The summed E-state index contributed by atoms with van der Waals surface area (Å²) in [5, 5.41) is 14.8. The van der Waals surface area contributed by atoms with Gasteiger partial charge in [0.05, 0.1) is 5.69 Å². The molecular weight excluding hydrogens is 336 g/mol. The van der Waals surface area contributed by atoms with Gasteiger partial charge in [-0.25, -0.2) is 9.97 Å². The van der Waals surface area contributed by atoms with Crippen molar-refractivity contribution in [3.05, 3.63) is 60.7 Å². The number of nitrogens with zero attached hydrogens (tertiary/aromatic N) is 3. The number of anilines is 2. The number of benzene rings is 2. The normalized spacial score (nSPS) is 10.2. The first-order chi connectivity index (χ1) is 11.8. The fraction of sp³-hybridized carbons (Fsp3) is 0.0556. The molecule has 0 unspecified atom stereocenters. The molecule has 0 aliphatic carbocycles. The maximum absolute atomic E-state index is 8.70. The van der Waals surface area contributed by atoms with E-state index in [2.05, 4.69) is 20.7 Å². The van der Waals surface area contributed by atoms with Crippen molar-refractivity contribution in [2.75, 3.05) is 11.6 Å². The Morgan fingerprint density at radius 1 is 1.00 bits per heavy atom. The summed E-state index contributed by atoms with van der Waals surface area (Å²) in [5.74, 6) is 0.744. The van der Waals surface area contributed by atoms with Gasteiger partial charge in [0.1, 0.15) is 11.2 Å². The van der Waals surface area contributed by atoms with Crippen LogP contribution in [0.25, 0.3) is 11.3 Å². The predicted molar refractivity (Wildman–Crippen MR) is 100 cm³/mol. The Morgan fingerprint density at radius 2 is 1.75 bits per heavy atom. The Morgan fingerprint density at radius 3 is 2.42 bits per heavy atom. The molecule has 0 spiro atoms. The number of aromatic nitrogens is 2. The summed E-state index contributed by atoms with van der Waals surface area (Å²) < 4.78 is 0. The van der Waals surface area contributed by atoms with Crippen LogP contribution < -0.4 is 5.32 Å². The van der Waals surface area contributed by atoms with E-state index in [0.717, 1.165) is 44.6 Å². The molecule has 0 atom stereocenters. The van der Waals surface area contributed by atoms with Gasteiger partial charge in [0.2, 0.25) is 0 Å². The lowest BCUT2D eigenvalue weighted by Gasteiger charge is -2.09. The van der Waals surface area contributed by atoms with Crippen LogP contribution in [0.5, 0.6) is 0 Å². The van der Waals surface area contributed by atoms with Gasteiger partial charge in [0, 0.05) is 22.2 Å². The van der Waals surface area contributed by atoms with Gasteiger partial charge < -0.3 is 5.32 Å². The van der Waals surface area contributed by atoms with Crippen LogP contribution in [0.4, 0.5) is 11.5 Å². The second-order valence-corrected chi connectivity index (χ2v) is 6.47. The average Bonchev–Trinajstić information content (AvgIpc) is 2.64. The topological polar surface area (TPSA) is 61.6 Å². The minimum atomic E-state index is 0.718. The molecule has 0 bridgehead atoms. The Bertz CT molecular complexity index is 858. The molecule has 0 saturated carbocycles. The molecule has 0 saturated heterocycles. The van der Waals surface area contributed by atoms with E-state index in [0.29, 0.717) is 0 Å². The Hall–Kier alpha value is -2.49. The van der Waals surface area contributed by atoms with E-state index in [1.54, 1.807) is 0 Å². The van der Waals surface area contributed by atoms with Crippen LogP contribution in [-0.2, 0) is 0 Å². The molecule has 118 valence electrons. The lowest BCUT2D eigenvalue weighted by molar-refractivity contribution is 0.981. The van der Waals surface area contributed by atoms with E-state index in [1.165, 1.54) is 11.8 Å². The maximum atomic E-state index is 8.70. The summed E-state index contributed by atoms with van der Waals surface area (Å²) in [7, 11) is 0. The Balaban J connectivity index is 1.89. The van der Waals surface area contributed by atoms with Crippen LogP contribution >= 0.6 is 23.5 Å². The highest BCUT2D eigenvalue weighted by molar-refractivity contribution is 8.03. The smallest absolute Gasteiger partial charge is 0.189 e. The SMILES string of the molecule is CSc1nc(Nc2ccc(SC#N)cc2)cc(-c2ccccc2)n1. The number of hydrogen-bond acceptors (Lipinski definition) is 6. The van der Waals surface area contributed by atoms with Gasteiger partial charge in [0.15, 0.2) is 5.16 Å². The molecule has 1 N–H and O–H groups in total. The lowest BCUT2D eigenvalue weighted by atomic mass is 10.1. The van der Waals surface area contributed by atoms with Crippen LogP contribution in [0.2, 0.25) is 0 Å². The van der Waals surface area contributed by atoms with E-state index in [9.17, 15) is 0 Å². The third-order valence-electron chi connectivity index (χ3n) is 3.25. The molecule has 0 amide bonds. The number of rotatable bonds is 5. The minimum Gasteiger partial charge on any atom is -0.340 e. The van der Waals surface area contributed by atoms with Crippen LogP contribution in [0.15, 0.2) is 70.7 Å². The summed E-state index contributed by atoms with van der Waals surface area (Å²) >= 11 is 2.65. The zero-order chi connectivity index (χ0) is 16.8. The van der Waals surface area contributed by atoms with Crippen molar-refractivity contribution in [3.8, 4) is 16.7 Å². The van der Waals surface area contributed by atoms with Gasteiger partial charge in [-0.15, -0.1) is 0 Å². The van der Waals surface area contributed by atoms with Crippen molar-refractivity contribution in [3.63, 3.8) is 0 Å². The van der Waals surface area contributed by atoms with Crippen molar-refractivity contribution in [1.29, 1.82) is 5.26 Å². The molecule has 6 heteroatoms. The van der Waals surface area contributed by atoms with Crippen LogP contribution in [-0.4, -0.2) is 16.2 Å². The quantitative estimate of drug-likeness (QED) is 0.388. The molecule has 0 aliphatic heterocycles. The second kappa shape index (κ2) is 7.86. The zero-order valence-corrected chi connectivity index (χ0v) is 14.6. The summed E-state index contributed by atoms with van der Waals surface area (Å²) in [6.45, 7) is 0. The maximum Gasteiger partial charge on any atom is 0.189 e. The van der Waals surface area contributed by atoms with Crippen LogP contribution in [0.1, 0.15) is 0 Å². The van der Waals surface area contributed by atoms with Crippen molar-refractivity contribution in [2.24, 2.45) is 0 Å². The number of thioether (sulfide) groups is 2. The van der Waals surface area contributed by atoms with Gasteiger partial charge in [-0.05, 0) is 42.3 Å². The monoisotopic (exact) mass is 350 g/mol. The third kappa shape index (κ3) is 4.07. The molecule has 3 rings (SSSR count). The van der Waals surface area contributed by atoms with Gasteiger partial charge in [-0.3, -0.25) is 0 Å². The highest BCUT2D eigenvalue weighted by Crippen LogP contribution is 2.26. The second-order valence-electron chi connectivity index (χ2n) is 4.83. The molecule has 1 heterocycles. The van der Waals surface area contributed by atoms with E-state index < -0.39 is 0 Å². The molecule has 0 aliphatic rings. The molecular formula is C18H14N4S2. The van der Waals surface area contributed by atoms with Crippen molar-refractivity contribution >= 4 is 35.0 Å². The fourth-order valence-electron chi connectivity index (χ4n) is 2.14. The molecule has 0 fully saturated rings. The van der Waals surface area contributed by atoms with Gasteiger partial charge in [0.25, 0.3) is 0 Å². The fourth-order valence-corrected chi connectivity index (χ4v) is 2.90. The predicted octanol–water partition coefficient (Wildman–Crippen LogP) is 5.18. The highest BCUT2D eigenvalue weighted by atomic mass is 32.2. The average molecular weight is 350 g/mol. The number of nitrogens with one attached hydrogen (secondary N) is 1. The number of nitriles is 1. The third-order valence-corrected chi connectivity index (χ3v) is 4.39. The number of thiocyanates is 1. The minimum absolute atomic E-state index is 0.718. The summed E-state index contributed by atoms with van der Waals surface area (Å²) in [5.41, 5.74) is 2.86. The highest BCUT2D eigenvalue weighted by Gasteiger charge is 2.06. The van der Waals surface area contributed by atoms with E-state index in [1.807, 2.05) is 66.9 Å². The van der Waals surface area contributed by atoms with Gasteiger partial charge in [-0.1, -0.05) is 42.1 Å². The summed E-state index contributed by atoms with van der Waals surface area (Å²) in [4.78, 5) is 10.0. The van der Waals surface area contributed by atoms with Crippen molar-refractivity contribution in [2.45, 2.75) is 10.1 Å². The standard InChI is InChI=1S/C18H14N4S2/c1-23-18-21-16(13-5-3-2-4-6-13)11-17(22-18)20-14-7-9-15(10-8-14)24-12-19/h2-11H,1H3,(H,20,21,22). The zero-order valence-electron chi connectivity index (χ0n) is 12.9. The van der Waals surface area contributed by atoms with Crippen molar-refractivity contribution in [1.82, 2.24) is 9.97 Å². The molecule has 1 aromatic heterocycles. The first-order valence-corrected chi connectivity index (χ1v) is 9.24. The van der Waals surface area contributed by atoms with Crippen LogP contribution in [0, 0.1) is 10.7 Å². The largest absolute Gasteiger partial charge is 0.340 e. The molecule has 24 heavy (non-hydrogen) atoms. The molecule has 0 radical (unpaired) electrons. The van der Waals surface area contributed by atoms with E-state index >= 15 is 0 Å².